The minimum Gasteiger partial charge on any atom is -0.497 e. The molecule has 9 nitrogen and oxygen atoms in total. The number of tetrazole rings is 1. The molecule has 1 aliphatic rings. The number of carbonyl (C=O) groups excluding carboxylic acids is 1. The number of carbonyl (C=O) groups is 1. The van der Waals surface area contributed by atoms with E-state index in [0.29, 0.717) is 24.7 Å². The van der Waals surface area contributed by atoms with Gasteiger partial charge in [0.2, 0.25) is 11.7 Å². The number of anilines is 1. The number of nitrogens with zero attached hydrogens (tertiary/aromatic N) is 6. The number of benzene rings is 1. The number of rotatable bonds is 5. The molecule has 1 aliphatic heterocycles. The molecule has 1 amide bonds. The Bertz CT molecular complexity index is 882. The Morgan fingerprint density at radius 3 is 2.59 bits per heavy atom. The van der Waals surface area contributed by atoms with Crippen molar-refractivity contribution in [3.63, 3.8) is 0 Å². The summed E-state index contributed by atoms with van der Waals surface area (Å²) in [4.78, 5) is 17.9. The fraction of sp³-hybridized carbons (Fsp3) is 0.333. The Kier molecular flexibility index (Phi) is 4.73. The molecule has 0 N–H and O–H groups in total. The Morgan fingerprint density at radius 2 is 1.93 bits per heavy atom. The van der Waals surface area contributed by atoms with E-state index in [1.807, 2.05) is 29.2 Å². The summed E-state index contributed by atoms with van der Waals surface area (Å²) in [6.07, 6.45) is 1.55. The number of aromatic nitrogens is 4. The average molecular weight is 368 g/mol. The lowest BCUT2D eigenvalue weighted by molar-refractivity contribution is -0.132. The average Bonchev–Trinajstić information content (AvgIpc) is 3.40. The first-order chi connectivity index (χ1) is 13.2. The largest absolute Gasteiger partial charge is 0.497 e. The number of furan rings is 1. The molecular formula is C18H20N6O3. The maximum atomic E-state index is 12.5. The Balaban J connectivity index is 1.32. The molecule has 0 unspecified atom stereocenters. The van der Waals surface area contributed by atoms with E-state index in [1.54, 1.807) is 25.5 Å². The predicted octanol–water partition coefficient (Wildman–Crippen LogP) is 1.29. The van der Waals surface area contributed by atoms with Crippen LogP contribution in [0.4, 0.5) is 5.69 Å². The fourth-order valence-corrected chi connectivity index (χ4v) is 3.04. The molecule has 3 heterocycles. The quantitative estimate of drug-likeness (QED) is 0.670. The molecule has 1 fully saturated rings. The van der Waals surface area contributed by atoms with E-state index in [2.05, 4.69) is 20.3 Å². The van der Waals surface area contributed by atoms with Crippen molar-refractivity contribution in [3.05, 3.63) is 42.7 Å². The minimum atomic E-state index is -0.0206. The second-order valence-electron chi connectivity index (χ2n) is 6.19. The van der Waals surface area contributed by atoms with Crippen molar-refractivity contribution < 1.29 is 13.9 Å². The van der Waals surface area contributed by atoms with Crippen LogP contribution in [-0.4, -0.2) is 64.3 Å². The van der Waals surface area contributed by atoms with Crippen LogP contribution < -0.4 is 9.64 Å². The Hall–Kier alpha value is -3.36. The van der Waals surface area contributed by atoms with Gasteiger partial charge in [-0.25, -0.2) is 0 Å². The van der Waals surface area contributed by atoms with Crippen LogP contribution in [0.5, 0.6) is 5.75 Å². The normalized spacial score (nSPS) is 14.4. The third-order valence-corrected chi connectivity index (χ3v) is 4.54. The molecule has 2 aromatic heterocycles. The first-order valence-electron chi connectivity index (χ1n) is 8.71. The standard InChI is InChI=1S/C18H20N6O3/c1-26-15-6-4-14(5-7-15)22-8-10-23(11-9-22)17(25)13-24-20-18(19-21-24)16-3-2-12-27-16/h2-7,12H,8-11,13H2,1H3. The van der Waals surface area contributed by atoms with Gasteiger partial charge in [-0.05, 0) is 41.6 Å². The molecule has 140 valence electrons. The van der Waals surface area contributed by atoms with Crippen LogP contribution in [0.15, 0.2) is 47.1 Å². The number of ether oxygens (including phenoxy) is 1. The van der Waals surface area contributed by atoms with Gasteiger partial charge in [0.15, 0.2) is 5.76 Å². The lowest BCUT2D eigenvalue weighted by Crippen LogP contribution is -2.49. The zero-order chi connectivity index (χ0) is 18.6. The monoisotopic (exact) mass is 368 g/mol. The van der Waals surface area contributed by atoms with Crippen LogP contribution in [0.1, 0.15) is 0 Å². The Morgan fingerprint density at radius 1 is 1.15 bits per heavy atom. The van der Waals surface area contributed by atoms with Crippen LogP contribution in [0, 0.1) is 0 Å². The summed E-state index contributed by atoms with van der Waals surface area (Å²) < 4.78 is 10.4. The van der Waals surface area contributed by atoms with Crippen LogP contribution in [0.25, 0.3) is 11.6 Å². The molecule has 1 saturated heterocycles. The van der Waals surface area contributed by atoms with Gasteiger partial charge in [0.05, 0.1) is 13.4 Å². The highest BCUT2D eigenvalue weighted by molar-refractivity contribution is 5.76. The van der Waals surface area contributed by atoms with E-state index in [9.17, 15) is 4.79 Å². The smallest absolute Gasteiger partial charge is 0.246 e. The van der Waals surface area contributed by atoms with Crippen molar-refractivity contribution in [2.45, 2.75) is 6.54 Å². The van der Waals surface area contributed by atoms with Crippen LogP contribution in [0.3, 0.4) is 0 Å². The summed E-state index contributed by atoms with van der Waals surface area (Å²) in [5.74, 6) is 1.72. The fourth-order valence-electron chi connectivity index (χ4n) is 3.04. The molecule has 1 aromatic carbocycles. The van der Waals surface area contributed by atoms with E-state index in [1.165, 1.54) is 4.80 Å². The molecule has 0 atom stereocenters. The van der Waals surface area contributed by atoms with E-state index in [4.69, 9.17) is 9.15 Å². The number of hydrogen-bond donors (Lipinski definition) is 0. The van der Waals surface area contributed by atoms with Gasteiger partial charge in [0.25, 0.3) is 0 Å². The number of hydrogen-bond acceptors (Lipinski definition) is 7. The zero-order valence-corrected chi connectivity index (χ0v) is 15.0. The highest BCUT2D eigenvalue weighted by Gasteiger charge is 2.22. The number of piperazine rings is 1. The van der Waals surface area contributed by atoms with Gasteiger partial charge in [-0.2, -0.15) is 4.80 Å². The number of amides is 1. The molecule has 27 heavy (non-hydrogen) atoms. The minimum absolute atomic E-state index is 0.0206. The molecule has 0 radical (unpaired) electrons. The first-order valence-corrected chi connectivity index (χ1v) is 8.71. The molecule has 0 aliphatic carbocycles. The van der Waals surface area contributed by atoms with Crippen molar-refractivity contribution in [1.29, 1.82) is 0 Å². The lowest BCUT2D eigenvalue weighted by atomic mass is 10.2. The molecule has 3 aromatic rings. The summed E-state index contributed by atoms with van der Waals surface area (Å²) in [5.41, 5.74) is 1.13. The second-order valence-corrected chi connectivity index (χ2v) is 6.19. The molecule has 0 bridgehead atoms. The topological polar surface area (TPSA) is 89.5 Å². The summed E-state index contributed by atoms with van der Waals surface area (Å²) >= 11 is 0. The summed E-state index contributed by atoms with van der Waals surface area (Å²) in [5, 5.41) is 12.1. The molecule has 4 rings (SSSR count). The van der Waals surface area contributed by atoms with Crippen LogP contribution >= 0.6 is 0 Å². The molecule has 0 spiro atoms. The van der Waals surface area contributed by atoms with Crippen molar-refractivity contribution >= 4 is 11.6 Å². The molecule has 0 saturated carbocycles. The highest BCUT2D eigenvalue weighted by Crippen LogP contribution is 2.20. The molecular weight excluding hydrogens is 348 g/mol. The maximum absolute atomic E-state index is 12.5. The first kappa shape index (κ1) is 17.1. The maximum Gasteiger partial charge on any atom is 0.246 e. The van der Waals surface area contributed by atoms with Crippen molar-refractivity contribution in [3.8, 4) is 17.3 Å². The van der Waals surface area contributed by atoms with Crippen molar-refractivity contribution in [2.75, 3.05) is 38.2 Å². The van der Waals surface area contributed by atoms with Gasteiger partial charge in [0.1, 0.15) is 12.3 Å². The van der Waals surface area contributed by atoms with E-state index in [0.717, 1.165) is 24.5 Å². The van der Waals surface area contributed by atoms with E-state index in [-0.39, 0.29) is 12.5 Å². The van der Waals surface area contributed by atoms with Crippen LogP contribution in [-0.2, 0) is 11.3 Å². The SMILES string of the molecule is COc1ccc(N2CCN(C(=O)Cn3nnc(-c4ccco4)n3)CC2)cc1. The third-order valence-electron chi connectivity index (χ3n) is 4.54. The van der Waals surface area contributed by atoms with Gasteiger partial charge in [-0.15, -0.1) is 10.2 Å². The van der Waals surface area contributed by atoms with E-state index < -0.39 is 0 Å². The van der Waals surface area contributed by atoms with Crippen molar-refractivity contribution in [2.24, 2.45) is 0 Å². The van der Waals surface area contributed by atoms with Gasteiger partial charge in [-0.3, -0.25) is 4.79 Å². The predicted molar refractivity (Wildman–Crippen MR) is 97.3 cm³/mol. The highest BCUT2D eigenvalue weighted by atomic mass is 16.5. The van der Waals surface area contributed by atoms with Crippen LogP contribution in [0.2, 0.25) is 0 Å². The summed E-state index contributed by atoms with van der Waals surface area (Å²) in [6, 6.07) is 11.5. The lowest BCUT2D eigenvalue weighted by Gasteiger charge is -2.36. The van der Waals surface area contributed by atoms with Gasteiger partial charge < -0.3 is 19.0 Å². The summed E-state index contributed by atoms with van der Waals surface area (Å²) in [6.45, 7) is 2.94. The third kappa shape index (κ3) is 3.76. The second kappa shape index (κ2) is 7.48. The van der Waals surface area contributed by atoms with Gasteiger partial charge >= 0.3 is 0 Å². The Labute approximate surface area is 156 Å². The number of methoxy groups -OCH3 is 1. The van der Waals surface area contributed by atoms with Gasteiger partial charge in [0, 0.05) is 31.9 Å². The zero-order valence-electron chi connectivity index (χ0n) is 15.0. The molecule has 9 heteroatoms. The van der Waals surface area contributed by atoms with Crippen molar-refractivity contribution in [1.82, 2.24) is 25.1 Å². The summed E-state index contributed by atoms with van der Waals surface area (Å²) in [7, 11) is 1.65. The van der Waals surface area contributed by atoms with E-state index >= 15 is 0 Å². The van der Waals surface area contributed by atoms with Gasteiger partial charge in [-0.1, -0.05) is 0 Å².